The lowest BCUT2D eigenvalue weighted by Crippen LogP contribution is -2.26. The summed E-state index contributed by atoms with van der Waals surface area (Å²) >= 11 is 0. The number of para-hydroxylation sites is 1. The van der Waals surface area contributed by atoms with Crippen molar-refractivity contribution in [3.05, 3.63) is 101 Å². The second-order valence-corrected chi connectivity index (χ2v) is 8.18. The van der Waals surface area contributed by atoms with Gasteiger partial charge in [-0.15, -0.1) is 0 Å². The van der Waals surface area contributed by atoms with Crippen molar-refractivity contribution in [3.63, 3.8) is 0 Å². The monoisotopic (exact) mass is 490 g/mol. The Hall–Kier alpha value is -5.30. The SMILES string of the molecule is [C-]#[N+]c1cnc(N)nc1N[C@@H](C)c1cc2cccc(-c3nccc(OC)n3)c2c(=O)n1-c1ccccc1. The molecule has 0 aliphatic rings. The van der Waals surface area contributed by atoms with E-state index in [-0.39, 0.29) is 17.2 Å². The standard InChI is InChI=1S/C27H22N8O2/c1-16(32-25-20(29-2)15-31-27(28)34-25)21-14-17-8-7-11-19(24-30-13-12-22(33-24)37-3)23(17)26(36)35(21)18-9-5-4-6-10-18/h4-16H,1,3H3,(H3,28,31,32,34)/t16-/m0/s1. The van der Waals surface area contributed by atoms with Crippen LogP contribution < -0.4 is 21.3 Å². The van der Waals surface area contributed by atoms with E-state index in [0.29, 0.717) is 39.9 Å². The van der Waals surface area contributed by atoms with Gasteiger partial charge in [-0.2, -0.15) is 4.98 Å². The molecule has 0 amide bonds. The van der Waals surface area contributed by atoms with Gasteiger partial charge in [0.25, 0.3) is 5.56 Å². The summed E-state index contributed by atoms with van der Waals surface area (Å²) in [5, 5.41) is 4.43. The minimum absolute atomic E-state index is 0.0454. The number of anilines is 2. The van der Waals surface area contributed by atoms with Gasteiger partial charge in [-0.25, -0.2) is 19.8 Å². The molecule has 10 nitrogen and oxygen atoms in total. The van der Waals surface area contributed by atoms with Crippen LogP contribution in [0.25, 0.3) is 32.7 Å². The second-order valence-electron chi connectivity index (χ2n) is 8.18. The maximum Gasteiger partial charge on any atom is 0.264 e. The van der Waals surface area contributed by atoms with Crippen molar-refractivity contribution >= 4 is 28.2 Å². The molecule has 5 aromatic rings. The van der Waals surface area contributed by atoms with Gasteiger partial charge < -0.3 is 15.8 Å². The number of ether oxygens (including phenoxy) is 1. The summed E-state index contributed by atoms with van der Waals surface area (Å²) in [6.45, 7) is 9.34. The van der Waals surface area contributed by atoms with Crippen LogP contribution in [0.15, 0.2) is 77.9 Å². The Kier molecular flexibility index (Phi) is 6.18. The molecule has 0 aliphatic heterocycles. The zero-order valence-corrected chi connectivity index (χ0v) is 20.1. The van der Waals surface area contributed by atoms with Crippen LogP contribution in [0.3, 0.4) is 0 Å². The highest BCUT2D eigenvalue weighted by Crippen LogP contribution is 2.31. The summed E-state index contributed by atoms with van der Waals surface area (Å²) < 4.78 is 6.91. The van der Waals surface area contributed by atoms with Gasteiger partial charge in [0.2, 0.25) is 17.5 Å². The molecule has 0 saturated heterocycles. The Morgan fingerprint density at radius 2 is 1.89 bits per heavy atom. The molecule has 1 atom stereocenters. The summed E-state index contributed by atoms with van der Waals surface area (Å²) in [5.41, 5.74) is 7.71. The Labute approximate surface area is 212 Å². The van der Waals surface area contributed by atoms with Gasteiger partial charge >= 0.3 is 0 Å². The molecule has 3 N–H and O–H groups in total. The van der Waals surface area contributed by atoms with Crippen LogP contribution in [-0.4, -0.2) is 31.6 Å². The average Bonchev–Trinajstić information content (AvgIpc) is 2.93. The molecule has 0 saturated carbocycles. The Balaban J connectivity index is 1.74. The predicted molar refractivity (Wildman–Crippen MR) is 142 cm³/mol. The van der Waals surface area contributed by atoms with Crippen molar-refractivity contribution in [1.82, 2.24) is 24.5 Å². The number of hydrogen-bond donors (Lipinski definition) is 2. The highest BCUT2D eigenvalue weighted by molar-refractivity contribution is 5.95. The first-order valence-corrected chi connectivity index (χ1v) is 11.4. The van der Waals surface area contributed by atoms with Crippen molar-refractivity contribution in [2.45, 2.75) is 13.0 Å². The third-order valence-electron chi connectivity index (χ3n) is 5.88. The quantitative estimate of drug-likeness (QED) is 0.332. The van der Waals surface area contributed by atoms with Crippen LogP contribution in [0.1, 0.15) is 18.7 Å². The van der Waals surface area contributed by atoms with Gasteiger partial charge in [-0.05, 0) is 30.5 Å². The molecule has 3 heterocycles. The number of nitrogens with two attached hydrogens (primary N) is 1. The summed E-state index contributed by atoms with van der Waals surface area (Å²) in [7, 11) is 1.53. The fourth-order valence-electron chi connectivity index (χ4n) is 4.17. The number of nitrogens with zero attached hydrogens (tertiary/aromatic N) is 6. The maximum absolute atomic E-state index is 14.2. The van der Waals surface area contributed by atoms with E-state index in [1.165, 1.54) is 13.3 Å². The fourth-order valence-corrected chi connectivity index (χ4v) is 4.17. The first-order chi connectivity index (χ1) is 18.0. The lowest BCUT2D eigenvalue weighted by atomic mass is 10.0. The molecule has 5 rings (SSSR count). The normalized spacial score (nSPS) is 11.6. The molecular weight excluding hydrogens is 468 g/mol. The van der Waals surface area contributed by atoms with Crippen molar-refractivity contribution in [3.8, 4) is 23.0 Å². The average molecular weight is 491 g/mol. The highest BCUT2D eigenvalue weighted by Gasteiger charge is 2.21. The molecule has 0 unspecified atom stereocenters. The fraction of sp³-hybridized carbons (Fsp3) is 0.111. The smallest absolute Gasteiger partial charge is 0.264 e. The maximum atomic E-state index is 14.2. The summed E-state index contributed by atoms with van der Waals surface area (Å²) in [5.74, 6) is 1.13. The number of methoxy groups -OCH3 is 1. The summed E-state index contributed by atoms with van der Waals surface area (Å²) in [6.07, 6.45) is 2.97. The molecule has 0 aliphatic carbocycles. The second kappa shape index (κ2) is 9.75. The molecule has 0 spiro atoms. The lowest BCUT2D eigenvalue weighted by molar-refractivity contribution is 0.397. The number of hydrogen-bond acceptors (Lipinski definition) is 8. The van der Waals surface area contributed by atoms with E-state index in [0.717, 1.165) is 5.39 Å². The number of aromatic nitrogens is 5. The lowest BCUT2D eigenvalue weighted by Gasteiger charge is -2.22. The van der Waals surface area contributed by atoms with E-state index in [1.807, 2.05) is 61.5 Å². The van der Waals surface area contributed by atoms with Crippen molar-refractivity contribution in [1.29, 1.82) is 0 Å². The number of rotatable bonds is 6. The van der Waals surface area contributed by atoms with Crippen LogP contribution in [0, 0.1) is 6.57 Å². The van der Waals surface area contributed by atoms with Gasteiger partial charge in [-0.3, -0.25) is 9.36 Å². The predicted octanol–water partition coefficient (Wildman–Crippen LogP) is 4.55. The van der Waals surface area contributed by atoms with Crippen LogP contribution in [-0.2, 0) is 0 Å². The summed E-state index contributed by atoms with van der Waals surface area (Å²) in [6, 6.07) is 18.1. The van der Waals surface area contributed by atoms with Crippen molar-refractivity contribution < 1.29 is 4.74 Å². The van der Waals surface area contributed by atoms with Gasteiger partial charge in [0, 0.05) is 35.4 Å². The Morgan fingerprint density at radius 1 is 1.08 bits per heavy atom. The van der Waals surface area contributed by atoms with Crippen LogP contribution in [0.4, 0.5) is 17.5 Å². The molecule has 10 heteroatoms. The summed E-state index contributed by atoms with van der Waals surface area (Å²) in [4.78, 5) is 34.6. The molecule has 0 fully saturated rings. The number of fused-ring (bicyclic) bond motifs is 1. The van der Waals surface area contributed by atoms with Gasteiger partial charge in [-0.1, -0.05) is 36.4 Å². The van der Waals surface area contributed by atoms with Gasteiger partial charge in [0.15, 0.2) is 5.82 Å². The van der Waals surface area contributed by atoms with E-state index >= 15 is 0 Å². The Bertz CT molecular complexity index is 1710. The molecule has 3 aromatic heterocycles. The zero-order valence-electron chi connectivity index (χ0n) is 20.1. The third kappa shape index (κ3) is 4.41. The molecule has 0 radical (unpaired) electrons. The van der Waals surface area contributed by atoms with E-state index in [2.05, 4.69) is 30.1 Å². The Morgan fingerprint density at radius 3 is 2.65 bits per heavy atom. The largest absolute Gasteiger partial charge is 0.481 e. The van der Waals surface area contributed by atoms with E-state index in [9.17, 15) is 4.79 Å². The van der Waals surface area contributed by atoms with Crippen molar-refractivity contribution in [2.24, 2.45) is 0 Å². The number of nitrogen functional groups attached to an aromatic ring is 1. The van der Waals surface area contributed by atoms with E-state index in [1.54, 1.807) is 16.8 Å². The van der Waals surface area contributed by atoms with Crippen LogP contribution in [0.5, 0.6) is 5.88 Å². The minimum Gasteiger partial charge on any atom is -0.481 e. The molecule has 37 heavy (non-hydrogen) atoms. The van der Waals surface area contributed by atoms with Crippen molar-refractivity contribution in [2.75, 3.05) is 18.2 Å². The van der Waals surface area contributed by atoms with Crippen LogP contribution >= 0.6 is 0 Å². The molecule has 0 bridgehead atoms. The first kappa shape index (κ1) is 23.4. The highest BCUT2D eigenvalue weighted by atomic mass is 16.5. The molecule has 182 valence electrons. The molecular formula is C27H22N8O2. The number of pyridine rings is 1. The van der Waals surface area contributed by atoms with Gasteiger partial charge in [0.1, 0.15) is 5.82 Å². The van der Waals surface area contributed by atoms with Crippen LogP contribution in [0.2, 0.25) is 0 Å². The third-order valence-corrected chi connectivity index (χ3v) is 5.88. The number of nitrogens with one attached hydrogen (secondary N) is 1. The topological polar surface area (TPSA) is 125 Å². The van der Waals surface area contributed by atoms with E-state index in [4.69, 9.17) is 17.0 Å². The van der Waals surface area contributed by atoms with Gasteiger partial charge in [0.05, 0.1) is 25.1 Å². The first-order valence-electron chi connectivity index (χ1n) is 11.4. The zero-order chi connectivity index (χ0) is 25.9. The number of benzene rings is 2. The van der Waals surface area contributed by atoms with E-state index < -0.39 is 6.04 Å². The minimum atomic E-state index is -0.427. The molecule has 2 aromatic carbocycles.